The maximum atomic E-state index is 10.7. The average molecular weight is 425 g/mol. The van der Waals surface area contributed by atoms with Crippen LogP contribution in [0.2, 0.25) is 0 Å². The summed E-state index contributed by atoms with van der Waals surface area (Å²) in [6, 6.07) is 7.04. The Morgan fingerprint density at radius 1 is 1.23 bits per heavy atom. The molecule has 0 aliphatic rings. The zero-order chi connectivity index (χ0) is 16.5. The number of halogens is 2. The summed E-state index contributed by atoms with van der Waals surface area (Å²) in [5.41, 5.74) is 0.325. The van der Waals surface area contributed by atoms with Crippen LogP contribution < -0.4 is 10.9 Å². The lowest BCUT2D eigenvalue weighted by atomic mass is 10.3. The molecule has 0 amide bonds. The van der Waals surface area contributed by atoms with E-state index in [0.29, 0.717) is 15.9 Å². The van der Waals surface area contributed by atoms with Gasteiger partial charge in [0.2, 0.25) is 0 Å². The molecule has 0 saturated heterocycles. The summed E-state index contributed by atoms with van der Waals surface area (Å²) >= 11 is 6.36. The van der Waals surface area contributed by atoms with Crippen molar-refractivity contribution >= 4 is 37.7 Å². The number of H-pyrrole nitrogens is 1. The highest BCUT2D eigenvalue weighted by molar-refractivity contribution is 9.10. The minimum atomic E-state index is -0.356. The number of nitriles is 2. The Bertz CT molecular complexity index is 789. The SMILES string of the molecule is CCNc1ncc(Br)cc1C#N.N#Cc1cc(Br)c[nH]c1=O. The van der Waals surface area contributed by atoms with Gasteiger partial charge in [-0.05, 0) is 50.9 Å². The van der Waals surface area contributed by atoms with E-state index in [1.165, 1.54) is 12.3 Å². The van der Waals surface area contributed by atoms with Crippen LogP contribution in [-0.4, -0.2) is 16.5 Å². The number of rotatable bonds is 2. The fourth-order valence-corrected chi connectivity index (χ4v) is 2.05. The van der Waals surface area contributed by atoms with Crippen molar-refractivity contribution in [3.63, 3.8) is 0 Å². The molecule has 2 N–H and O–H groups in total. The second kappa shape index (κ2) is 8.98. The van der Waals surface area contributed by atoms with Gasteiger partial charge >= 0.3 is 0 Å². The molecule has 0 bridgehead atoms. The summed E-state index contributed by atoms with van der Waals surface area (Å²) in [5, 5.41) is 20.1. The Balaban J connectivity index is 0.000000224. The standard InChI is InChI=1S/C8H8BrN3.C6H3BrN2O/c1-2-11-8-6(4-10)3-7(9)5-12-8;7-5-1-4(2-8)6(10)9-3-5/h3,5H,2H2,1H3,(H,11,12);1,3H,(H,9,10). The predicted octanol–water partition coefficient (Wildman–Crippen LogP) is 3.16. The normalized spacial score (nSPS) is 8.95. The van der Waals surface area contributed by atoms with E-state index in [1.807, 2.05) is 6.92 Å². The molecule has 0 fully saturated rings. The first kappa shape index (κ1) is 17.9. The maximum absolute atomic E-state index is 10.7. The van der Waals surface area contributed by atoms with E-state index in [2.05, 4.69) is 53.2 Å². The fourth-order valence-electron chi connectivity index (χ4n) is 1.37. The van der Waals surface area contributed by atoms with Gasteiger partial charge in [0.25, 0.3) is 5.56 Å². The number of nitrogens with zero attached hydrogens (tertiary/aromatic N) is 3. The quantitative estimate of drug-likeness (QED) is 0.770. The van der Waals surface area contributed by atoms with Crippen molar-refractivity contribution < 1.29 is 0 Å². The molecule has 6 nitrogen and oxygen atoms in total. The van der Waals surface area contributed by atoms with Gasteiger partial charge in [0, 0.05) is 27.9 Å². The summed E-state index contributed by atoms with van der Waals surface area (Å²) in [4.78, 5) is 17.2. The van der Waals surface area contributed by atoms with Crippen molar-refractivity contribution in [2.45, 2.75) is 6.92 Å². The highest BCUT2D eigenvalue weighted by Crippen LogP contribution is 2.16. The molecular weight excluding hydrogens is 414 g/mol. The monoisotopic (exact) mass is 423 g/mol. The molecule has 2 aromatic heterocycles. The minimum absolute atomic E-state index is 0.120. The predicted molar refractivity (Wildman–Crippen MR) is 90.3 cm³/mol. The van der Waals surface area contributed by atoms with E-state index in [0.717, 1.165) is 11.0 Å². The Morgan fingerprint density at radius 2 is 1.86 bits per heavy atom. The topological polar surface area (TPSA) is 105 Å². The van der Waals surface area contributed by atoms with Crippen LogP contribution in [0.1, 0.15) is 18.1 Å². The molecule has 0 aromatic carbocycles. The van der Waals surface area contributed by atoms with Crippen LogP contribution in [-0.2, 0) is 0 Å². The number of aromatic amines is 1. The molecule has 0 atom stereocenters. The number of pyridine rings is 2. The average Bonchev–Trinajstić information content (AvgIpc) is 2.52. The third kappa shape index (κ3) is 5.32. The molecule has 0 saturated carbocycles. The zero-order valence-corrected chi connectivity index (χ0v) is 14.7. The van der Waals surface area contributed by atoms with Gasteiger partial charge < -0.3 is 10.3 Å². The van der Waals surface area contributed by atoms with Crippen molar-refractivity contribution in [1.29, 1.82) is 10.5 Å². The fraction of sp³-hybridized carbons (Fsp3) is 0.143. The molecule has 0 radical (unpaired) electrons. The second-order valence-electron chi connectivity index (χ2n) is 3.86. The summed E-state index contributed by atoms with van der Waals surface area (Å²) in [7, 11) is 0. The van der Waals surface area contributed by atoms with Crippen molar-refractivity contribution in [3.8, 4) is 12.1 Å². The van der Waals surface area contributed by atoms with Crippen LogP contribution in [0.5, 0.6) is 0 Å². The highest BCUT2D eigenvalue weighted by Gasteiger charge is 2.01. The van der Waals surface area contributed by atoms with Gasteiger partial charge in [-0.2, -0.15) is 10.5 Å². The van der Waals surface area contributed by atoms with Crippen LogP contribution in [0.3, 0.4) is 0 Å². The third-order valence-corrected chi connectivity index (χ3v) is 3.20. The molecule has 0 aliphatic heterocycles. The third-order valence-electron chi connectivity index (χ3n) is 2.31. The van der Waals surface area contributed by atoms with Gasteiger partial charge in [-0.3, -0.25) is 4.79 Å². The molecule has 2 rings (SSSR count). The van der Waals surface area contributed by atoms with Crippen LogP contribution in [0, 0.1) is 22.7 Å². The Labute approximate surface area is 144 Å². The smallest absolute Gasteiger partial charge is 0.265 e. The number of aromatic nitrogens is 2. The zero-order valence-electron chi connectivity index (χ0n) is 11.5. The summed E-state index contributed by atoms with van der Waals surface area (Å²) in [6.45, 7) is 2.73. The largest absolute Gasteiger partial charge is 0.369 e. The summed E-state index contributed by atoms with van der Waals surface area (Å²) in [6.07, 6.45) is 3.15. The minimum Gasteiger partial charge on any atom is -0.369 e. The van der Waals surface area contributed by atoms with Gasteiger partial charge in [0.15, 0.2) is 0 Å². The van der Waals surface area contributed by atoms with Crippen molar-refractivity contribution in [2.24, 2.45) is 0 Å². The summed E-state index contributed by atoms with van der Waals surface area (Å²) in [5.74, 6) is 0.642. The molecular formula is C14H11Br2N5O. The second-order valence-corrected chi connectivity index (χ2v) is 5.70. The van der Waals surface area contributed by atoms with Crippen LogP contribution in [0.4, 0.5) is 5.82 Å². The molecule has 0 unspecified atom stereocenters. The molecule has 8 heteroatoms. The van der Waals surface area contributed by atoms with E-state index in [1.54, 1.807) is 18.3 Å². The lowest BCUT2D eigenvalue weighted by Crippen LogP contribution is -2.07. The number of hydrogen-bond acceptors (Lipinski definition) is 5. The van der Waals surface area contributed by atoms with Gasteiger partial charge in [-0.1, -0.05) is 0 Å². The van der Waals surface area contributed by atoms with E-state index in [4.69, 9.17) is 10.5 Å². The molecule has 0 spiro atoms. The first-order chi connectivity index (χ1) is 10.5. The number of anilines is 1. The lowest BCUT2D eigenvalue weighted by molar-refractivity contribution is 1.15. The highest BCUT2D eigenvalue weighted by atomic mass is 79.9. The lowest BCUT2D eigenvalue weighted by Gasteiger charge is -2.03. The molecule has 0 aliphatic carbocycles. The van der Waals surface area contributed by atoms with Crippen molar-refractivity contribution in [2.75, 3.05) is 11.9 Å². The number of hydrogen-bond donors (Lipinski definition) is 2. The Morgan fingerprint density at radius 3 is 2.41 bits per heavy atom. The molecule has 112 valence electrons. The Hall–Kier alpha value is -2.16. The first-order valence-electron chi connectivity index (χ1n) is 6.09. The van der Waals surface area contributed by atoms with Crippen LogP contribution >= 0.6 is 31.9 Å². The van der Waals surface area contributed by atoms with Gasteiger partial charge in [-0.25, -0.2) is 4.98 Å². The van der Waals surface area contributed by atoms with E-state index in [9.17, 15) is 4.79 Å². The number of nitrogens with one attached hydrogen (secondary N) is 2. The molecule has 2 aromatic rings. The maximum Gasteiger partial charge on any atom is 0.265 e. The molecule has 22 heavy (non-hydrogen) atoms. The van der Waals surface area contributed by atoms with Crippen molar-refractivity contribution in [3.05, 3.63) is 55.0 Å². The van der Waals surface area contributed by atoms with Gasteiger partial charge in [-0.15, -0.1) is 0 Å². The van der Waals surface area contributed by atoms with Crippen LogP contribution in [0.25, 0.3) is 0 Å². The van der Waals surface area contributed by atoms with Crippen LogP contribution in [0.15, 0.2) is 38.3 Å². The van der Waals surface area contributed by atoms with E-state index in [-0.39, 0.29) is 11.1 Å². The van der Waals surface area contributed by atoms with E-state index >= 15 is 0 Å². The van der Waals surface area contributed by atoms with Crippen molar-refractivity contribution in [1.82, 2.24) is 9.97 Å². The Kier molecular flexibility index (Phi) is 7.30. The summed E-state index contributed by atoms with van der Waals surface area (Å²) < 4.78 is 1.52. The van der Waals surface area contributed by atoms with E-state index < -0.39 is 0 Å². The first-order valence-corrected chi connectivity index (χ1v) is 7.68. The van der Waals surface area contributed by atoms with Gasteiger partial charge in [0.05, 0.1) is 5.56 Å². The van der Waals surface area contributed by atoms with Gasteiger partial charge in [0.1, 0.15) is 23.5 Å². The molecule has 2 heterocycles.